The Balaban J connectivity index is 3.44. The second-order valence-electron chi connectivity index (χ2n) is 1.63. The highest BCUT2D eigenvalue weighted by atomic mass is 32.1. The first-order valence-corrected chi connectivity index (χ1v) is 4.59. The molecule has 0 saturated carbocycles. The summed E-state index contributed by atoms with van der Waals surface area (Å²) < 4.78 is 0. The van der Waals surface area contributed by atoms with Crippen LogP contribution in [0.1, 0.15) is 19.8 Å². The van der Waals surface area contributed by atoms with Crippen LogP contribution < -0.4 is 0 Å². The van der Waals surface area contributed by atoms with E-state index in [1.165, 1.54) is 12.8 Å². The van der Waals surface area contributed by atoms with E-state index in [4.69, 9.17) is 0 Å². The van der Waals surface area contributed by atoms with Crippen LogP contribution in [0.5, 0.6) is 0 Å². The molecule has 0 saturated heterocycles. The third-order valence-electron chi connectivity index (χ3n) is 0.830. The summed E-state index contributed by atoms with van der Waals surface area (Å²) in [6.45, 7) is 2.15. The number of thiol groups is 1. The summed E-state index contributed by atoms with van der Waals surface area (Å²) in [6.07, 6.45) is 2.43. The Labute approximate surface area is 70.0 Å². The maximum absolute atomic E-state index is 4.30. The van der Waals surface area contributed by atoms with E-state index in [1.54, 1.807) is 0 Å². The molecule has 0 bridgehead atoms. The maximum atomic E-state index is 4.30. The number of rotatable bonds is 4. The first-order valence-electron chi connectivity index (χ1n) is 3.10. The molecule has 0 fully saturated rings. The lowest BCUT2D eigenvalue weighted by molar-refractivity contribution is 0.898. The van der Waals surface area contributed by atoms with Gasteiger partial charge in [0.15, 0.2) is 0 Å². The van der Waals surface area contributed by atoms with E-state index in [1.807, 2.05) is 0 Å². The smallest absolute Gasteiger partial charge is 0.0879 e. The van der Waals surface area contributed by atoms with E-state index in [9.17, 15) is 0 Å². The van der Waals surface area contributed by atoms with Gasteiger partial charge in [0.2, 0.25) is 0 Å². The minimum atomic E-state index is 1.09. The van der Waals surface area contributed by atoms with Gasteiger partial charge < -0.3 is 0 Å². The van der Waals surface area contributed by atoms with Gasteiger partial charge in [-0.05, 0) is 24.4 Å². The summed E-state index contributed by atoms with van der Waals surface area (Å²) in [5.74, 6) is 1.10. The van der Waals surface area contributed by atoms with Crippen molar-refractivity contribution >= 4 is 33.9 Å². The summed E-state index contributed by atoms with van der Waals surface area (Å²) >= 11 is 5.39. The molecule has 0 N–H and O–H groups in total. The van der Waals surface area contributed by atoms with Gasteiger partial charge >= 0.3 is 0 Å². The molecule has 0 heterocycles. The van der Waals surface area contributed by atoms with E-state index >= 15 is 0 Å². The number of hydrogen-bond acceptors (Lipinski definition) is 3. The standard InChI is InChI=1S/C6H10N2S2/c1-2-3-4-10-6-8-7-5-9/h10H,2-4H2,1H3. The average molecular weight is 174 g/mol. The second kappa shape index (κ2) is 8.73. The lowest BCUT2D eigenvalue weighted by Crippen LogP contribution is -1.69. The minimum Gasteiger partial charge on any atom is -0.136 e. The molecule has 2 nitrogen and oxygen atoms in total. The fraction of sp³-hybridized carbons (Fsp3) is 0.667. The summed E-state index contributed by atoms with van der Waals surface area (Å²) in [4.78, 5) is 0. The molecule has 4 heteroatoms. The second-order valence-corrected chi connectivity index (χ2v) is 2.77. The van der Waals surface area contributed by atoms with Crippen LogP contribution in [0.3, 0.4) is 0 Å². The fourth-order valence-corrected chi connectivity index (χ4v) is 1.08. The molecule has 0 aliphatic heterocycles. The molecule has 0 aromatic rings. The summed E-state index contributed by atoms with van der Waals surface area (Å²) in [5.41, 5.74) is 0. The Kier molecular flexibility index (Phi) is 8.49. The van der Waals surface area contributed by atoms with Crippen molar-refractivity contribution in [1.29, 1.82) is 0 Å². The molecule has 0 spiro atoms. The van der Waals surface area contributed by atoms with Crippen LogP contribution in [-0.2, 0) is 0 Å². The summed E-state index contributed by atoms with van der Waals surface area (Å²) in [5, 5.41) is 11.7. The van der Waals surface area contributed by atoms with E-state index < -0.39 is 0 Å². The Bertz CT molecular complexity index is 176. The molecule has 0 aromatic heterocycles. The summed E-state index contributed by atoms with van der Waals surface area (Å²) in [7, 11) is 0. The molecule has 0 unspecified atom stereocenters. The molecule has 0 rings (SSSR count). The van der Waals surface area contributed by atoms with Crippen molar-refractivity contribution < 1.29 is 0 Å². The van der Waals surface area contributed by atoms with Gasteiger partial charge in [0.25, 0.3) is 0 Å². The van der Waals surface area contributed by atoms with Crippen LogP contribution in [0.25, 0.3) is 0 Å². The van der Waals surface area contributed by atoms with Crippen LogP contribution >= 0.6 is 23.6 Å². The van der Waals surface area contributed by atoms with Crippen molar-refractivity contribution in [3.63, 3.8) is 0 Å². The van der Waals surface area contributed by atoms with Crippen molar-refractivity contribution in [1.82, 2.24) is 0 Å². The maximum Gasteiger partial charge on any atom is 0.0879 e. The molecule has 0 aliphatic rings. The van der Waals surface area contributed by atoms with Crippen LogP contribution in [0.4, 0.5) is 0 Å². The minimum absolute atomic E-state index is 1.09. The van der Waals surface area contributed by atoms with Crippen molar-refractivity contribution in [3.8, 4) is 0 Å². The number of hydrogen-bond donors (Lipinski definition) is 1. The van der Waals surface area contributed by atoms with Gasteiger partial charge in [-0.2, -0.15) is 0 Å². The normalized spacial score (nSPS) is 7.70. The van der Waals surface area contributed by atoms with Crippen molar-refractivity contribution in [2.75, 3.05) is 5.75 Å². The first-order chi connectivity index (χ1) is 4.91. The van der Waals surface area contributed by atoms with Crippen LogP contribution in [-0.4, -0.2) is 16.1 Å². The van der Waals surface area contributed by atoms with E-state index in [0.717, 1.165) is 17.1 Å². The van der Waals surface area contributed by atoms with Gasteiger partial charge in [-0.15, -0.1) is 11.4 Å². The highest BCUT2D eigenvalue weighted by molar-refractivity contribution is 7.97. The molecular formula is C6H10N2S2. The quantitative estimate of drug-likeness (QED) is 0.228. The van der Waals surface area contributed by atoms with Crippen LogP contribution in [0, 0.1) is 0 Å². The molecule has 0 amide bonds. The Hall–Kier alpha value is -0.270. The van der Waals surface area contributed by atoms with Crippen LogP contribution in [0.2, 0.25) is 0 Å². The Morgan fingerprint density at radius 1 is 1.50 bits per heavy atom. The van der Waals surface area contributed by atoms with E-state index in [2.05, 4.69) is 39.7 Å². The average Bonchev–Trinajstić information content (AvgIpc) is 1.97. The number of unbranched alkanes of at least 4 members (excludes halogenated alkanes) is 1. The van der Waals surface area contributed by atoms with Crippen molar-refractivity contribution in [2.45, 2.75) is 19.8 Å². The predicted molar refractivity (Wildman–Crippen MR) is 51.2 cm³/mol. The van der Waals surface area contributed by atoms with Gasteiger partial charge in [-0.25, -0.2) is 0 Å². The molecule has 56 valence electrons. The number of thiocarbonyl (C=S) groups is 1. The molecule has 0 atom stereocenters. The van der Waals surface area contributed by atoms with E-state index in [-0.39, 0.29) is 0 Å². The third kappa shape index (κ3) is 7.73. The van der Waals surface area contributed by atoms with E-state index in [0.29, 0.717) is 0 Å². The molecule has 0 aliphatic carbocycles. The lowest BCUT2D eigenvalue weighted by atomic mass is 10.4. The monoisotopic (exact) mass is 174 g/mol. The van der Waals surface area contributed by atoms with Crippen molar-refractivity contribution in [3.05, 3.63) is 0 Å². The van der Waals surface area contributed by atoms with Crippen LogP contribution in [0.15, 0.2) is 10.2 Å². The topological polar surface area (TPSA) is 24.7 Å². The zero-order valence-corrected chi connectivity index (χ0v) is 7.58. The SMILES string of the molecule is CCCC[SH]=C=NN=C=S. The highest BCUT2D eigenvalue weighted by Crippen LogP contribution is 1.91. The van der Waals surface area contributed by atoms with Gasteiger partial charge in [0, 0.05) is 5.16 Å². The highest BCUT2D eigenvalue weighted by Gasteiger charge is 1.73. The molecule has 0 aromatic carbocycles. The zero-order chi connectivity index (χ0) is 7.66. The first kappa shape index (κ1) is 9.73. The molecule has 0 radical (unpaired) electrons. The summed E-state index contributed by atoms with van der Waals surface area (Å²) in [6, 6.07) is 0. The number of nitrogens with zero attached hydrogens (tertiary/aromatic N) is 2. The van der Waals surface area contributed by atoms with Gasteiger partial charge in [0.1, 0.15) is 0 Å². The van der Waals surface area contributed by atoms with Gasteiger partial charge in [0.05, 0.1) is 5.16 Å². The van der Waals surface area contributed by atoms with Gasteiger partial charge in [-0.1, -0.05) is 23.5 Å². The molecule has 10 heavy (non-hydrogen) atoms. The third-order valence-corrected chi connectivity index (χ3v) is 1.68. The molecular weight excluding hydrogens is 164 g/mol. The number of isothiocyanates is 2. The van der Waals surface area contributed by atoms with Gasteiger partial charge in [-0.3, -0.25) is 0 Å². The lowest BCUT2D eigenvalue weighted by Gasteiger charge is -1.82. The van der Waals surface area contributed by atoms with Crippen molar-refractivity contribution in [2.24, 2.45) is 10.2 Å². The predicted octanol–water partition coefficient (Wildman–Crippen LogP) is 2.18. The fourth-order valence-electron chi connectivity index (χ4n) is 0.362. The zero-order valence-electron chi connectivity index (χ0n) is 5.87. The largest absolute Gasteiger partial charge is 0.136 e. The Morgan fingerprint density at radius 2 is 2.30 bits per heavy atom. The Morgan fingerprint density at radius 3 is 2.90 bits per heavy atom.